The Morgan fingerprint density at radius 3 is 2.94 bits per heavy atom. The average Bonchev–Trinajstić information content (AvgIpc) is 2.77. The van der Waals surface area contributed by atoms with Crippen LogP contribution in [0.3, 0.4) is 0 Å². The van der Waals surface area contributed by atoms with Crippen LogP contribution in [0.25, 0.3) is 5.57 Å². The molecule has 0 amide bonds. The van der Waals surface area contributed by atoms with E-state index in [2.05, 4.69) is 45.8 Å². The molecular formula is C13H22N4S. The predicted molar refractivity (Wildman–Crippen MR) is 76.9 cm³/mol. The highest BCUT2D eigenvalue weighted by molar-refractivity contribution is 6.99. The van der Waals surface area contributed by atoms with Gasteiger partial charge >= 0.3 is 0 Å². The normalized spacial score (nSPS) is 17.2. The van der Waals surface area contributed by atoms with Gasteiger partial charge in [-0.1, -0.05) is 6.08 Å². The van der Waals surface area contributed by atoms with Crippen molar-refractivity contribution in [2.75, 3.05) is 40.8 Å². The summed E-state index contributed by atoms with van der Waals surface area (Å²) in [6.45, 7) is 3.26. The van der Waals surface area contributed by atoms with Gasteiger partial charge in [-0.15, -0.1) is 0 Å². The SMILES string of the molecule is CN(C)CCCc1nsnc1C1=CCCN(C)C1. The van der Waals surface area contributed by atoms with Crippen LogP contribution in [0.2, 0.25) is 0 Å². The van der Waals surface area contributed by atoms with Gasteiger partial charge < -0.3 is 9.80 Å². The van der Waals surface area contributed by atoms with Crippen LogP contribution in [-0.4, -0.2) is 59.3 Å². The monoisotopic (exact) mass is 266 g/mol. The van der Waals surface area contributed by atoms with Crippen molar-refractivity contribution in [3.63, 3.8) is 0 Å². The van der Waals surface area contributed by atoms with E-state index in [0.717, 1.165) is 44.6 Å². The molecule has 0 aromatic carbocycles. The van der Waals surface area contributed by atoms with Crippen molar-refractivity contribution in [1.82, 2.24) is 18.5 Å². The lowest BCUT2D eigenvalue weighted by atomic mass is 10.0. The zero-order valence-electron chi connectivity index (χ0n) is 11.5. The Morgan fingerprint density at radius 2 is 2.22 bits per heavy atom. The maximum absolute atomic E-state index is 4.49. The van der Waals surface area contributed by atoms with Gasteiger partial charge in [-0.3, -0.25) is 0 Å². The largest absolute Gasteiger partial charge is 0.309 e. The highest BCUT2D eigenvalue weighted by atomic mass is 32.1. The molecule has 0 spiro atoms. The minimum absolute atomic E-state index is 1.01. The standard InChI is InChI=1S/C13H22N4S/c1-16(2)8-5-7-12-13(15-18-14-12)11-6-4-9-17(3)10-11/h6H,4-5,7-10H2,1-3H3. The van der Waals surface area contributed by atoms with Gasteiger partial charge in [0.05, 0.1) is 17.4 Å². The second-order valence-electron chi connectivity index (χ2n) is 5.22. The van der Waals surface area contributed by atoms with E-state index in [1.807, 2.05) is 0 Å². The molecule has 0 bridgehead atoms. The van der Waals surface area contributed by atoms with Crippen molar-refractivity contribution >= 4 is 17.3 Å². The molecule has 100 valence electrons. The lowest BCUT2D eigenvalue weighted by molar-refractivity contribution is 0.372. The molecule has 1 aliphatic heterocycles. The Balaban J connectivity index is 2.01. The zero-order chi connectivity index (χ0) is 13.0. The lowest BCUT2D eigenvalue weighted by Crippen LogP contribution is -2.25. The van der Waals surface area contributed by atoms with E-state index in [4.69, 9.17) is 0 Å². The first kappa shape index (κ1) is 13.6. The molecule has 0 N–H and O–H groups in total. The summed E-state index contributed by atoms with van der Waals surface area (Å²) in [6, 6.07) is 0. The third kappa shape index (κ3) is 3.60. The molecule has 2 rings (SSSR count). The Labute approximate surface area is 114 Å². The second kappa shape index (κ2) is 6.41. The van der Waals surface area contributed by atoms with Crippen LogP contribution in [0.1, 0.15) is 24.2 Å². The smallest absolute Gasteiger partial charge is 0.104 e. The van der Waals surface area contributed by atoms with Crippen LogP contribution < -0.4 is 0 Å². The highest BCUT2D eigenvalue weighted by Crippen LogP contribution is 2.22. The predicted octanol–water partition coefficient (Wildman–Crippen LogP) is 1.75. The topological polar surface area (TPSA) is 32.3 Å². The lowest BCUT2D eigenvalue weighted by Gasteiger charge is -2.22. The van der Waals surface area contributed by atoms with Gasteiger partial charge in [0.25, 0.3) is 0 Å². The molecule has 0 saturated heterocycles. The van der Waals surface area contributed by atoms with Crippen molar-refractivity contribution in [3.05, 3.63) is 17.5 Å². The van der Waals surface area contributed by atoms with E-state index in [-0.39, 0.29) is 0 Å². The summed E-state index contributed by atoms with van der Waals surface area (Å²) in [5.74, 6) is 0. The maximum Gasteiger partial charge on any atom is 0.104 e. The van der Waals surface area contributed by atoms with Gasteiger partial charge in [0.2, 0.25) is 0 Å². The summed E-state index contributed by atoms with van der Waals surface area (Å²) in [4.78, 5) is 4.56. The number of rotatable bonds is 5. The Bertz CT molecular complexity index is 411. The molecule has 1 aliphatic rings. The van der Waals surface area contributed by atoms with Crippen LogP contribution in [0.4, 0.5) is 0 Å². The molecular weight excluding hydrogens is 244 g/mol. The fraction of sp³-hybridized carbons (Fsp3) is 0.692. The minimum atomic E-state index is 1.01. The molecule has 0 fully saturated rings. The highest BCUT2D eigenvalue weighted by Gasteiger charge is 2.16. The van der Waals surface area contributed by atoms with E-state index < -0.39 is 0 Å². The Morgan fingerprint density at radius 1 is 1.39 bits per heavy atom. The molecule has 2 heterocycles. The zero-order valence-corrected chi connectivity index (χ0v) is 12.3. The van der Waals surface area contributed by atoms with Crippen LogP contribution in [0.15, 0.2) is 6.08 Å². The molecule has 0 aliphatic carbocycles. The van der Waals surface area contributed by atoms with Gasteiger partial charge in [-0.2, -0.15) is 8.75 Å². The van der Waals surface area contributed by atoms with Crippen LogP contribution in [0, 0.1) is 0 Å². The number of hydrogen-bond acceptors (Lipinski definition) is 5. The summed E-state index contributed by atoms with van der Waals surface area (Å²) >= 11 is 1.35. The first-order chi connectivity index (χ1) is 8.66. The van der Waals surface area contributed by atoms with E-state index >= 15 is 0 Å². The van der Waals surface area contributed by atoms with Gasteiger partial charge in [0.15, 0.2) is 0 Å². The second-order valence-corrected chi connectivity index (χ2v) is 5.75. The third-order valence-corrected chi connectivity index (χ3v) is 3.79. The summed E-state index contributed by atoms with van der Waals surface area (Å²) in [6.07, 6.45) is 5.63. The van der Waals surface area contributed by atoms with E-state index in [9.17, 15) is 0 Å². The number of aromatic nitrogens is 2. The van der Waals surface area contributed by atoms with Gasteiger partial charge in [0.1, 0.15) is 5.69 Å². The summed E-state index contributed by atoms with van der Waals surface area (Å²) in [5.41, 5.74) is 3.69. The molecule has 0 radical (unpaired) electrons. The molecule has 18 heavy (non-hydrogen) atoms. The minimum Gasteiger partial charge on any atom is -0.309 e. The Kier molecular flexibility index (Phi) is 4.86. The molecule has 0 unspecified atom stereocenters. The molecule has 1 aromatic heterocycles. The van der Waals surface area contributed by atoms with Gasteiger partial charge in [-0.05, 0) is 52.5 Å². The molecule has 4 nitrogen and oxygen atoms in total. The van der Waals surface area contributed by atoms with Gasteiger partial charge in [0, 0.05) is 13.1 Å². The van der Waals surface area contributed by atoms with Crippen LogP contribution in [0.5, 0.6) is 0 Å². The Hall–Kier alpha value is -0.780. The molecule has 0 atom stereocenters. The average molecular weight is 266 g/mol. The van der Waals surface area contributed by atoms with Crippen molar-refractivity contribution in [2.45, 2.75) is 19.3 Å². The number of likely N-dealkylation sites (N-methyl/N-ethyl adjacent to an activating group) is 1. The number of hydrogen-bond donors (Lipinski definition) is 0. The number of aryl methyl sites for hydroxylation is 1. The molecule has 0 saturated carbocycles. The third-order valence-electron chi connectivity index (χ3n) is 3.22. The van der Waals surface area contributed by atoms with Crippen LogP contribution >= 0.6 is 11.7 Å². The fourth-order valence-corrected chi connectivity index (χ4v) is 2.86. The summed E-state index contributed by atoms with van der Waals surface area (Å²) < 4.78 is 8.96. The van der Waals surface area contributed by atoms with Crippen LogP contribution in [-0.2, 0) is 6.42 Å². The van der Waals surface area contributed by atoms with Crippen molar-refractivity contribution < 1.29 is 0 Å². The first-order valence-corrected chi connectivity index (χ1v) is 7.24. The maximum atomic E-state index is 4.49. The molecule has 1 aromatic rings. The van der Waals surface area contributed by atoms with E-state index in [0.29, 0.717) is 0 Å². The first-order valence-electron chi connectivity index (χ1n) is 6.51. The fourth-order valence-electron chi connectivity index (χ4n) is 2.24. The molecule has 5 heteroatoms. The van der Waals surface area contributed by atoms with Crippen molar-refractivity contribution in [1.29, 1.82) is 0 Å². The number of nitrogens with zero attached hydrogens (tertiary/aromatic N) is 4. The quantitative estimate of drug-likeness (QED) is 0.813. The summed E-state index contributed by atoms with van der Waals surface area (Å²) in [7, 11) is 6.39. The van der Waals surface area contributed by atoms with E-state index in [1.165, 1.54) is 23.0 Å². The van der Waals surface area contributed by atoms with Crippen molar-refractivity contribution in [2.24, 2.45) is 0 Å². The van der Waals surface area contributed by atoms with Gasteiger partial charge in [-0.25, -0.2) is 0 Å². The van der Waals surface area contributed by atoms with Crippen molar-refractivity contribution in [3.8, 4) is 0 Å². The summed E-state index contributed by atoms with van der Waals surface area (Å²) in [5, 5.41) is 0. The van der Waals surface area contributed by atoms with E-state index in [1.54, 1.807) is 0 Å².